The fourth-order valence-corrected chi connectivity index (χ4v) is 3.44. The largest absolute Gasteiger partial charge is 0.329 e. The van der Waals surface area contributed by atoms with Crippen molar-refractivity contribution >= 4 is 29.0 Å². The molecule has 0 spiro atoms. The fraction of sp³-hybridized carbons (Fsp3) is 0.286. The first-order valence-corrected chi connectivity index (χ1v) is 7.64. The number of nitro groups is 1. The summed E-state index contributed by atoms with van der Waals surface area (Å²) in [6.45, 7) is 0.558. The van der Waals surface area contributed by atoms with Crippen LogP contribution in [0.2, 0.25) is 0 Å². The minimum absolute atomic E-state index is 0.00879. The maximum absolute atomic E-state index is 12.5. The number of thioether (sulfide) groups is 1. The smallest absolute Gasteiger partial charge is 0.271 e. The van der Waals surface area contributed by atoms with Crippen molar-refractivity contribution in [1.29, 1.82) is 0 Å². The Bertz CT molecular complexity index is 730. The van der Waals surface area contributed by atoms with Gasteiger partial charge in [-0.25, -0.2) is 4.98 Å². The Morgan fingerprint density at radius 2 is 2.27 bits per heavy atom. The molecule has 0 bridgehead atoms. The number of aromatic nitrogens is 2. The Morgan fingerprint density at radius 3 is 2.95 bits per heavy atom. The van der Waals surface area contributed by atoms with Gasteiger partial charge in [0.1, 0.15) is 0 Å². The van der Waals surface area contributed by atoms with E-state index in [-0.39, 0.29) is 16.8 Å². The quantitative estimate of drug-likeness (QED) is 0.638. The van der Waals surface area contributed by atoms with E-state index in [4.69, 9.17) is 0 Å². The summed E-state index contributed by atoms with van der Waals surface area (Å²) in [5.41, 5.74) is 0.563. The fourth-order valence-electron chi connectivity index (χ4n) is 2.39. The van der Waals surface area contributed by atoms with E-state index in [0.717, 1.165) is 5.16 Å². The number of amides is 1. The number of non-ortho nitro benzene ring substituents is 1. The number of rotatable bonds is 4. The Balaban J connectivity index is 1.77. The van der Waals surface area contributed by atoms with Crippen LogP contribution in [-0.2, 0) is 11.8 Å². The third kappa shape index (κ3) is 2.69. The third-order valence-corrected chi connectivity index (χ3v) is 4.86. The van der Waals surface area contributed by atoms with Gasteiger partial charge in [-0.15, -0.1) is 0 Å². The van der Waals surface area contributed by atoms with Crippen LogP contribution in [-0.4, -0.2) is 32.2 Å². The molecule has 1 aromatic carbocycles. The molecule has 1 fully saturated rings. The van der Waals surface area contributed by atoms with Crippen LogP contribution in [0.5, 0.6) is 0 Å². The highest BCUT2D eigenvalue weighted by Crippen LogP contribution is 2.33. The molecule has 2 aromatic rings. The Labute approximate surface area is 131 Å². The molecule has 114 valence electrons. The number of nitrogens with zero attached hydrogens (tertiary/aromatic N) is 4. The zero-order valence-electron chi connectivity index (χ0n) is 11.9. The highest BCUT2D eigenvalue weighted by atomic mass is 32.2. The topological polar surface area (TPSA) is 81.3 Å². The van der Waals surface area contributed by atoms with Crippen LogP contribution in [0.25, 0.3) is 0 Å². The molecule has 0 radical (unpaired) electrons. The lowest BCUT2D eigenvalue weighted by Crippen LogP contribution is -2.28. The molecule has 1 amide bonds. The molecule has 1 saturated heterocycles. The number of hydrogen-bond donors (Lipinski definition) is 0. The zero-order valence-corrected chi connectivity index (χ0v) is 12.7. The normalized spacial score (nSPS) is 18.0. The predicted octanol–water partition coefficient (Wildman–Crippen LogP) is 2.23. The van der Waals surface area contributed by atoms with E-state index in [9.17, 15) is 14.9 Å². The minimum atomic E-state index is -0.454. The van der Waals surface area contributed by atoms with E-state index in [0.29, 0.717) is 18.7 Å². The van der Waals surface area contributed by atoms with E-state index >= 15 is 0 Å². The van der Waals surface area contributed by atoms with Crippen LogP contribution in [0.3, 0.4) is 0 Å². The maximum Gasteiger partial charge on any atom is 0.271 e. The summed E-state index contributed by atoms with van der Waals surface area (Å²) in [4.78, 5) is 28.7. The number of benzene rings is 1. The second kappa shape index (κ2) is 5.80. The number of carbonyl (C=O) groups is 1. The molecule has 1 atom stereocenters. The Hall–Kier alpha value is -2.35. The Morgan fingerprint density at radius 1 is 1.45 bits per heavy atom. The summed E-state index contributed by atoms with van der Waals surface area (Å²) in [6, 6.07) is 6.18. The van der Waals surface area contributed by atoms with Crippen molar-refractivity contribution in [1.82, 2.24) is 9.55 Å². The molecule has 8 heteroatoms. The van der Waals surface area contributed by atoms with Gasteiger partial charge >= 0.3 is 0 Å². The van der Waals surface area contributed by atoms with Crippen LogP contribution in [0.4, 0.5) is 11.4 Å². The Kier molecular flexibility index (Phi) is 3.84. The molecule has 1 aromatic heterocycles. The van der Waals surface area contributed by atoms with Crippen molar-refractivity contribution in [3.05, 3.63) is 46.8 Å². The first kappa shape index (κ1) is 14.6. The van der Waals surface area contributed by atoms with Gasteiger partial charge in [-0.2, -0.15) is 0 Å². The molecule has 0 N–H and O–H groups in total. The van der Waals surface area contributed by atoms with Gasteiger partial charge in [0.2, 0.25) is 5.91 Å². The minimum Gasteiger partial charge on any atom is -0.329 e. The summed E-state index contributed by atoms with van der Waals surface area (Å²) in [7, 11) is 1.88. The van der Waals surface area contributed by atoms with Crippen LogP contribution in [0.15, 0.2) is 41.8 Å². The van der Waals surface area contributed by atoms with Crippen molar-refractivity contribution in [2.45, 2.75) is 16.8 Å². The standard InChI is InChI=1S/C14H14N4O3S/c1-16-8-6-15-14(16)22-12-5-7-17(13(12)19)10-3-2-4-11(9-10)18(20)21/h2-4,6,8-9,12H,5,7H2,1H3. The van der Waals surface area contributed by atoms with Gasteiger partial charge in [0.15, 0.2) is 5.16 Å². The lowest BCUT2D eigenvalue weighted by molar-refractivity contribution is -0.384. The number of imidazole rings is 1. The molecule has 0 saturated carbocycles. The van der Waals surface area contributed by atoms with Crippen LogP contribution < -0.4 is 4.90 Å². The van der Waals surface area contributed by atoms with Gasteiger partial charge in [0, 0.05) is 38.1 Å². The second-order valence-corrected chi connectivity index (χ2v) is 6.15. The van der Waals surface area contributed by atoms with E-state index in [1.54, 1.807) is 23.2 Å². The summed E-state index contributed by atoms with van der Waals surface area (Å²) < 4.78 is 1.87. The first-order valence-electron chi connectivity index (χ1n) is 6.76. The molecular weight excluding hydrogens is 304 g/mol. The van der Waals surface area contributed by atoms with E-state index < -0.39 is 4.92 Å². The number of aryl methyl sites for hydroxylation is 1. The summed E-state index contributed by atoms with van der Waals surface area (Å²) in [5, 5.41) is 11.4. The van der Waals surface area contributed by atoms with Crippen LogP contribution >= 0.6 is 11.8 Å². The number of anilines is 1. The van der Waals surface area contributed by atoms with Crippen molar-refractivity contribution in [3.8, 4) is 0 Å². The molecule has 2 heterocycles. The molecule has 0 aliphatic carbocycles. The summed E-state index contributed by atoms with van der Waals surface area (Å²) in [6.07, 6.45) is 4.22. The SMILES string of the molecule is Cn1ccnc1SC1CCN(c2cccc([N+](=O)[O-])c2)C1=O. The van der Waals surface area contributed by atoms with E-state index in [2.05, 4.69) is 4.98 Å². The van der Waals surface area contributed by atoms with Gasteiger partial charge in [0.05, 0.1) is 15.9 Å². The lowest BCUT2D eigenvalue weighted by atomic mass is 10.2. The molecule has 7 nitrogen and oxygen atoms in total. The monoisotopic (exact) mass is 318 g/mol. The van der Waals surface area contributed by atoms with Crippen molar-refractivity contribution in [2.75, 3.05) is 11.4 Å². The number of nitro benzene ring substituents is 1. The molecule has 3 rings (SSSR count). The molecule has 1 aliphatic rings. The van der Waals surface area contributed by atoms with Crippen LogP contribution in [0.1, 0.15) is 6.42 Å². The zero-order chi connectivity index (χ0) is 15.7. The molecule has 1 aliphatic heterocycles. The van der Waals surface area contributed by atoms with Gasteiger partial charge < -0.3 is 9.47 Å². The third-order valence-electron chi connectivity index (χ3n) is 3.53. The van der Waals surface area contributed by atoms with E-state index in [1.165, 1.54) is 23.9 Å². The highest BCUT2D eigenvalue weighted by Gasteiger charge is 2.34. The summed E-state index contributed by atoms with van der Waals surface area (Å²) in [5.74, 6) is -0.0338. The van der Waals surface area contributed by atoms with Gasteiger partial charge in [-0.05, 0) is 12.5 Å². The number of hydrogen-bond acceptors (Lipinski definition) is 5. The first-order chi connectivity index (χ1) is 10.6. The highest BCUT2D eigenvalue weighted by molar-refractivity contribution is 8.00. The van der Waals surface area contributed by atoms with E-state index in [1.807, 2.05) is 17.8 Å². The van der Waals surface area contributed by atoms with Crippen LogP contribution in [0, 0.1) is 10.1 Å². The average Bonchev–Trinajstić information content (AvgIpc) is 3.07. The molecule has 22 heavy (non-hydrogen) atoms. The van der Waals surface area contributed by atoms with Crippen molar-refractivity contribution < 1.29 is 9.72 Å². The summed E-state index contributed by atoms with van der Waals surface area (Å²) >= 11 is 1.43. The lowest BCUT2D eigenvalue weighted by Gasteiger charge is -2.16. The van der Waals surface area contributed by atoms with Gasteiger partial charge in [-0.3, -0.25) is 14.9 Å². The molecule has 1 unspecified atom stereocenters. The van der Waals surface area contributed by atoms with Crippen molar-refractivity contribution in [3.63, 3.8) is 0 Å². The predicted molar refractivity (Wildman–Crippen MR) is 82.9 cm³/mol. The average molecular weight is 318 g/mol. The van der Waals surface area contributed by atoms with Gasteiger partial charge in [0.25, 0.3) is 5.69 Å². The second-order valence-electron chi connectivity index (χ2n) is 4.98. The van der Waals surface area contributed by atoms with Gasteiger partial charge in [-0.1, -0.05) is 17.8 Å². The number of carbonyl (C=O) groups excluding carboxylic acids is 1. The maximum atomic E-state index is 12.5. The van der Waals surface area contributed by atoms with Crippen molar-refractivity contribution in [2.24, 2.45) is 7.05 Å². The molecular formula is C14H14N4O3S.